The van der Waals surface area contributed by atoms with Crippen molar-refractivity contribution in [3.8, 4) is 5.75 Å². The molecular formula is C26H42Cl2N2O3. The van der Waals surface area contributed by atoms with E-state index >= 15 is 0 Å². The highest BCUT2D eigenvalue weighted by molar-refractivity contribution is 6.18. The molecule has 0 saturated heterocycles. The first-order valence-electron chi connectivity index (χ1n) is 12.5. The Morgan fingerprint density at radius 1 is 0.939 bits per heavy atom. The molecule has 1 aromatic rings. The molecule has 5 nitrogen and oxygen atoms in total. The van der Waals surface area contributed by atoms with Crippen LogP contribution in [0.3, 0.4) is 0 Å². The number of aliphatic carboxylic acids is 1. The van der Waals surface area contributed by atoms with Gasteiger partial charge >= 0.3 is 5.97 Å². The van der Waals surface area contributed by atoms with Crippen LogP contribution in [0.4, 0.5) is 5.69 Å². The van der Waals surface area contributed by atoms with Gasteiger partial charge in [-0.15, -0.1) is 23.2 Å². The fourth-order valence-corrected chi connectivity index (χ4v) is 4.92. The van der Waals surface area contributed by atoms with E-state index < -0.39 is 11.6 Å². The second-order valence-corrected chi connectivity index (χ2v) is 10.4. The molecule has 2 aliphatic rings. The summed E-state index contributed by atoms with van der Waals surface area (Å²) in [7, 11) is 0. The number of rotatable bonds is 10. The second kappa shape index (κ2) is 15.0. The largest absolute Gasteiger partial charge is 0.478 e. The average molecular weight is 502 g/mol. The number of ether oxygens (including phenoxy) is 1. The van der Waals surface area contributed by atoms with Gasteiger partial charge in [-0.3, -0.25) is 0 Å². The van der Waals surface area contributed by atoms with Crippen molar-refractivity contribution in [3.63, 3.8) is 0 Å². The number of nitrogens with zero attached hydrogens (tertiary/aromatic N) is 1. The summed E-state index contributed by atoms with van der Waals surface area (Å²) in [5, 5.41) is 12.9. The molecule has 0 aliphatic heterocycles. The number of alkyl halides is 2. The van der Waals surface area contributed by atoms with Gasteiger partial charge in [0.25, 0.3) is 0 Å². The molecule has 2 aliphatic carbocycles. The van der Waals surface area contributed by atoms with Gasteiger partial charge in [0.05, 0.1) is 0 Å². The summed E-state index contributed by atoms with van der Waals surface area (Å²) >= 11 is 11.5. The van der Waals surface area contributed by atoms with Crippen LogP contribution in [0, 0.1) is 0 Å². The van der Waals surface area contributed by atoms with Crippen LogP contribution >= 0.6 is 23.2 Å². The minimum atomic E-state index is -1.26. The van der Waals surface area contributed by atoms with Crippen LogP contribution in [0.5, 0.6) is 5.75 Å². The second-order valence-electron chi connectivity index (χ2n) is 9.61. The van der Waals surface area contributed by atoms with Gasteiger partial charge in [0.1, 0.15) is 5.75 Å². The Morgan fingerprint density at radius 3 is 1.79 bits per heavy atom. The lowest BCUT2D eigenvalue weighted by atomic mass is 9.91. The highest BCUT2D eigenvalue weighted by Gasteiger charge is 2.29. The lowest BCUT2D eigenvalue weighted by Gasteiger charge is -2.30. The number of hydrogen-bond acceptors (Lipinski definition) is 4. The first-order chi connectivity index (χ1) is 15.9. The Kier molecular flexibility index (Phi) is 12.7. The maximum atomic E-state index is 11.0. The summed E-state index contributed by atoms with van der Waals surface area (Å²) in [5.74, 6) is 0.535. The van der Waals surface area contributed by atoms with Crippen LogP contribution < -0.4 is 15.0 Å². The zero-order valence-electron chi connectivity index (χ0n) is 20.3. The third-order valence-electron chi connectivity index (χ3n) is 6.48. The smallest absolute Gasteiger partial charge is 0.347 e. The SMILES string of the molecule is C1CCC(NC2CCCCC2)CC1.CC(C)(Oc1ccc(N(CCCl)CCCl)cc1)C(=O)O. The van der Waals surface area contributed by atoms with E-state index in [-0.39, 0.29) is 0 Å². The van der Waals surface area contributed by atoms with E-state index in [9.17, 15) is 4.79 Å². The first-order valence-corrected chi connectivity index (χ1v) is 13.6. The highest BCUT2D eigenvalue weighted by atomic mass is 35.5. The molecule has 33 heavy (non-hydrogen) atoms. The van der Waals surface area contributed by atoms with Crippen molar-refractivity contribution in [1.82, 2.24) is 5.32 Å². The molecule has 0 unspecified atom stereocenters. The number of halogens is 2. The fourth-order valence-electron chi connectivity index (χ4n) is 4.51. The zero-order valence-corrected chi connectivity index (χ0v) is 21.8. The predicted octanol–water partition coefficient (Wildman–Crippen LogP) is 6.45. The molecule has 0 atom stereocenters. The number of carbonyl (C=O) groups is 1. The maximum Gasteiger partial charge on any atom is 0.347 e. The van der Waals surface area contributed by atoms with Gasteiger partial charge in [-0.25, -0.2) is 4.79 Å². The Balaban J connectivity index is 0.000000254. The highest BCUT2D eigenvalue weighted by Crippen LogP contribution is 2.24. The molecule has 0 bridgehead atoms. The number of nitrogens with one attached hydrogen (secondary N) is 1. The van der Waals surface area contributed by atoms with Crippen molar-refractivity contribution in [2.45, 2.75) is 95.7 Å². The topological polar surface area (TPSA) is 61.8 Å². The monoisotopic (exact) mass is 500 g/mol. The van der Waals surface area contributed by atoms with Crippen LogP contribution in [-0.4, -0.2) is 53.6 Å². The average Bonchev–Trinajstić information content (AvgIpc) is 2.81. The molecule has 2 fully saturated rings. The van der Waals surface area contributed by atoms with E-state index in [0.717, 1.165) is 17.8 Å². The molecule has 3 rings (SSSR count). The van der Waals surface area contributed by atoms with E-state index in [1.807, 2.05) is 12.1 Å². The van der Waals surface area contributed by atoms with Gasteiger partial charge in [0, 0.05) is 42.6 Å². The molecule has 2 N–H and O–H groups in total. The number of anilines is 1. The molecule has 0 heterocycles. The van der Waals surface area contributed by atoms with E-state index in [1.165, 1.54) is 78.1 Å². The van der Waals surface area contributed by atoms with Crippen LogP contribution in [0.15, 0.2) is 24.3 Å². The first kappa shape index (κ1) is 28.1. The molecule has 188 valence electrons. The summed E-state index contributed by atoms with van der Waals surface area (Å²) in [4.78, 5) is 13.1. The summed E-state index contributed by atoms with van der Waals surface area (Å²) in [6, 6.07) is 8.97. The maximum absolute atomic E-state index is 11.0. The van der Waals surface area contributed by atoms with E-state index in [1.54, 1.807) is 12.1 Å². The van der Waals surface area contributed by atoms with Gasteiger partial charge < -0.3 is 20.1 Å². The van der Waals surface area contributed by atoms with Crippen LogP contribution in [0.1, 0.15) is 78.1 Å². The predicted molar refractivity (Wildman–Crippen MR) is 139 cm³/mol. The molecule has 0 spiro atoms. The zero-order chi connectivity index (χ0) is 24.1. The standard InChI is InChI=1S/C14H19Cl2NO3.C12H23N/c1-14(2,13(18)19)20-12-5-3-11(4-6-12)17(9-7-15)10-8-16;1-3-7-11(8-4-1)13-12-9-5-2-6-10-12/h3-6H,7-10H2,1-2H3,(H,18,19);11-13H,1-10H2. The fraction of sp³-hybridized carbons (Fsp3) is 0.731. The Labute approximate surface area is 210 Å². The quantitative estimate of drug-likeness (QED) is 0.361. The van der Waals surface area contributed by atoms with Crippen molar-refractivity contribution in [3.05, 3.63) is 24.3 Å². The minimum Gasteiger partial charge on any atom is -0.478 e. The van der Waals surface area contributed by atoms with Crippen molar-refractivity contribution in [2.75, 3.05) is 29.7 Å². The Hall–Kier alpha value is -1.17. The number of benzene rings is 1. The Morgan fingerprint density at radius 2 is 1.39 bits per heavy atom. The van der Waals surface area contributed by atoms with Crippen LogP contribution in [0.2, 0.25) is 0 Å². The van der Waals surface area contributed by atoms with Gasteiger partial charge in [0.15, 0.2) is 5.60 Å². The summed E-state index contributed by atoms with van der Waals surface area (Å²) in [5.41, 5.74) is -0.278. The number of carboxylic acid groups (broad SMARTS) is 1. The van der Waals surface area contributed by atoms with Gasteiger partial charge in [-0.1, -0.05) is 38.5 Å². The van der Waals surface area contributed by atoms with Crippen LogP contribution in [-0.2, 0) is 4.79 Å². The van der Waals surface area contributed by atoms with Crippen molar-refractivity contribution >= 4 is 34.9 Å². The molecule has 0 radical (unpaired) electrons. The third-order valence-corrected chi connectivity index (χ3v) is 6.82. The summed E-state index contributed by atoms with van der Waals surface area (Å²) < 4.78 is 5.45. The molecule has 7 heteroatoms. The molecule has 1 aromatic carbocycles. The lowest BCUT2D eigenvalue weighted by Crippen LogP contribution is -2.40. The van der Waals surface area contributed by atoms with Crippen molar-refractivity contribution in [1.29, 1.82) is 0 Å². The normalized spacial score (nSPS) is 17.7. The van der Waals surface area contributed by atoms with Gasteiger partial charge in [0.2, 0.25) is 0 Å². The van der Waals surface area contributed by atoms with Crippen molar-refractivity contribution < 1.29 is 14.6 Å². The van der Waals surface area contributed by atoms with Gasteiger partial charge in [-0.2, -0.15) is 0 Å². The molecular weight excluding hydrogens is 459 g/mol. The van der Waals surface area contributed by atoms with E-state index in [4.69, 9.17) is 33.0 Å². The molecule has 2 saturated carbocycles. The van der Waals surface area contributed by atoms with E-state index in [0.29, 0.717) is 30.6 Å². The Bertz CT molecular complexity index is 651. The summed E-state index contributed by atoms with van der Waals surface area (Å²) in [6.45, 7) is 4.43. The number of carboxylic acids is 1. The summed E-state index contributed by atoms with van der Waals surface area (Å²) in [6.07, 6.45) is 14.6. The lowest BCUT2D eigenvalue weighted by molar-refractivity contribution is -0.152. The minimum absolute atomic E-state index is 0.512. The molecule has 0 amide bonds. The van der Waals surface area contributed by atoms with Crippen LogP contribution in [0.25, 0.3) is 0 Å². The number of hydrogen-bond donors (Lipinski definition) is 2. The van der Waals surface area contributed by atoms with Gasteiger partial charge in [-0.05, 0) is 63.8 Å². The third kappa shape index (κ3) is 10.3. The van der Waals surface area contributed by atoms with E-state index in [2.05, 4.69) is 10.2 Å². The van der Waals surface area contributed by atoms with Crippen molar-refractivity contribution in [2.24, 2.45) is 0 Å². The molecule has 0 aromatic heterocycles.